The molecule has 0 spiro atoms. The molecule has 2 aromatic rings. The van der Waals surface area contributed by atoms with Crippen LogP contribution in [0.1, 0.15) is 25.2 Å². The molecule has 3 rings (SSSR count). The molecule has 1 aromatic carbocycles. The van der Waals surface area contributed by atoms with Crippen LogP contribution in [0.15, 0.2) is 42.5 Å². The molecule has 1 aromatic heterocycles. The van der Waals surface area contributed by atoms with Crippen LogP contribution in [-0.4, -0.2) is 9.97 Å². The number of hydrogen-bond acceptors (Lipinski definition) is 1. The minimum atomic E-state index is 0.0917. The summed E-state index contributed by atoms with van der Waals surface area (Å²) in [6, 6.07) is 10.2. The van der Waals surface area contributed by atoms with E-state index in [9.17, 15) is 0 Å². The third kappa shape index (κ3) is 2.02. The first-order valence-corrected chi connectivity index (χ1v) is 6.18. The number of hydrogen-bond donors (Lipinski definition) is 1. The van der Waals surface area contributed by atoms with Gasteiger partial charge in [-0.1, -0.05) is 56.3 Å². The Balaban J connectivity index is 2.04. The van der Waals surface area contributed by atoms with Crippen molar-refractivity contribution in [2.24, 2.45) is 5.41 Å². The maximum Gasteiger partial charge on any atom is 0.138 e. The first kappa shape index (κ1) is 11.0. The Kier molecular flexibility index (Phi) is 2.44. The summed E-state index contributed by atoms with van der Waals surface area (Å²) in [5.41, 5.74) is 3.30. The third-order valence-electron chi connectivity index (χ3n) is 3.16. The standard InChI is InChI=1S/C16H16N2/c1-16(2)10-8-13-14(9-11-16)18-15(17-13)12-6-4-3-5-7-12/h3-11H,1-2H3,(H,17,18). The highest BCUT2D eigenvalue weighted by Gasteiger charge is 2.15. The molecule has 0 radical (unpaired) electrons. The number of allylic oxidation sites excluding steroid dienone is 2. The van der Waals surface area contributed by atoms with Crippen molar-refractivity contribution >= 4 is 12.2 Å². The molecule has 1 heterocycles. The van der Waals surface area contributed by atoms with Gasteiger partial charge in [-0.2, -0.15) is 0 Å². The highest BCUT2D eigenvalue weighted by molar-refractivity contribution is 5.68. The Morgan fingerprint density at radius 1 is 1.00 bits per heavy atom. The van der Waals surface area contributed by atoms with Crippen LogP contribution in [0.5, 0.6) is 0 Å². The molecule has 1 aliphatic rings. The first-order valence-electron chi connectivity index (χ1n) is 6.18. The average Bonchev–Trinajstić information content (AvgIpc) is 2.73. The molecule has 0 fully saturated rings. The number of aromatic amines is 1. The summed E-state index contributed by atoms with van der Waals surface area (Å²) in [5.74, 6) is 0.926. The fourth-order valence-corrected chi connectivity index (χ4v) is 2.03. The summed E-state index contributed by atoms with van der Waals surface area (Å²) >= 11 is 0. The molecule has 90 valence electrons. The molecule has 0 atom stereocenters. The fraction of sp³-hybridized carbons (Fsp3) is 0.188. The van der Waals surface area contributed by atoms with Gasteiger partial charge in [-0.3, -0.25) is 0 Å². The van der Waals surface area contributed by atoms with Crippen molar-refractivity contribution in [1.29, 1.82) is 0 Å². The van der Waals surface area contributed by atoms with Crippen molar-refractivity contribution in [3.05, 3.63) is 53.9 Å². The average molecular weight is 236 g/mol. The molecule has 0 saturated heterocycles. The van der Waals surface area contributed by atoms with E-state index in [1.165, 1.54) is 0 Å². The van der Waals surface area contributed by atoms with Gasteiger partial charge in [-0.25, -0.2) is 4.98 Å². The SMILES string of the molecule is CC1(C)C=Cc2nc(-c3ccccc3)[nH]c2C=C1. The summed E-state index contributed by atoms with van der Waals surface area (Å²) in [7, 11) is 0. The maximum absolute atomic E-state index is 4.65. The predicted octanol–water partition coefficient (Wildman–Crippen LogP) is 4.14. The lowest BCUT2D eigenvalue weighted by Crippen LogP contribution is -2.00. The molecule has 0 aliphatic heterocycles. The van der Waals surface area contributed by atoms with E-state index in [0.717, 1.165) is 22.8 Å². The van der Waals surface area contributed by atoms with Crippen LogP contribution in [0.3, 0.4) is 0 Å². The van der Waals surface area contributed by atoms with Crippen molar-refractivity contribution in [3.63, 3.8) is 0 Å². The van der Waals surface area contributed by atoms with Crippen molar-refractivity contribution in [1.82, 2.24) is 9.97 Å². The van der Waals surface area contributed by atoms with Crippen LogP contribution in [0.25, 0.3) is 23.5 Å². The summed E-state index contributed by atoms with van der Waals surface area (Å²) < 4.78 is 0. The molecule has 0 bridgehead atoms. The summed E-state index contributed by atoms with van der Waals surface area (Å²) in [5, 5.41) is 0. The lowest BCUT2D eigenvalue weighted by Gasteiger charge is -2.12. The number of nitrogens with zero attached hydrogens (tertiary/aromatic N) is 1. The van der Waals surface area contributed by atoms with Gasteiger partial charge in [-0.05, 0) is 12.2 Å². The second kappa shape index (κ2) is 3.98. The Bertz CT molecular complexity index is 582. The number of benzene rings is 1. The molecule has 0 amide bonds. The van der Waals surface area contributed by atoms with E-state index in [0.29, 0.717) is 0 Å². The van der Waals surface area contributed by atoms with Gasteiger partial charge in [0.15, 0.2) is 0 Å². The number of imidazole rings is 1. The van der Waals surface area contributed by atoms with Gasteiger partial charge in [0.05, 0.1) is 11.4 Å². The van der Waals surface area contributed by atoms with Gasteiger partial charge in [0, 0.05) is 11.0 Å². The zero-order chi connectivity index (χ0) is 12.6. The number of H-pyrrole nitrogens is 1. The molecule has 2 nitrogen and oxygen atoms in total. The second-order valence-electron chi connectivity index (χ2n) is 5.24. The van der Waals surface area contributed by atoms with Gasteiger partial charge >= 0.3 is 0 Å². The molecule has 2 heteroatoms. The van der Waals surface area contributed by atoms with E-state index in [2.05, 4.69) is 60.3 Å². The Morgan fingerprint density at radius 2 is 1.72 bits per heavy atom. The summed E-state index contributed by atoms with van der Waals surface area (Å²) in [4.78, 5) is 8.03. The molecule has 0 unspecified atom stereocenters. The lowest BCUT2D eigenvalue weighted by atomic mass is 9.93. The Labute approximate surface area is 107 Å². The zero-order valence-electron chi connectivity index (χ0n) is 10.6. The number of rotatable bonds is 1. The van der Waals surface area contributed by atoms with Crippen molar-refractivity contribution in [2.45, 2.75) is 13.8 Å². The Hall–Kier alpha value is -2.09. The predicted molar refractivity (Wildman–Crippen MR) is 75.9 cm³/mol. The highest BCUT2D eigenvalue weighted by atomic mass is 14.9. The molecule has 1 N–H and O–H groups in total. The van der Waals surface area contributed by atoms with E-state index in [1.807, 2.05) is 18.2 Å². The van der Waals surface area contributed by atoms with E-state index in [-0.39, 0.29) is 5.41 Å². The first-order chi connectivity index (χ1) is 8.64. The molecule has 1 aliphatic carbocycles. The quantitative estimate of drug-likeness (QED) is 0.792. The maximum atomic E-state index is 4.65. The molecular formula is C16H16N2. The lowest BCUT2D eigenvalue weighted by molar-refractivity contribution is 0.633. The van der Waals surface area contributed by atoms with Gasteiger partial charge < -0.3 is 4.98 Å². The van der Waals surface area contributed by atoms with Gasteiger partial charge in [0.25, 0.3) is 0 Å². The zero-order valence-corrected chi connectivity index (χ0v) is 10.6. The van der Waals surface area contributed by atoms with Crippen molar-refractivity contribution in [2.75, 3.05) is 0 Å². The minimum absolute atomic E-state index is 0.0917. The van der Waals surface area contributed by atoms with Gasteiger partial charge in [0.2, 0.25) is 0 Å². The van der Waals surface area contributed by atoms with Crippen LogP contribution in [0, 0.1) is 5.41 Å². The molecule has 18 heavy (non-hydrogen) atoms. The van der Waals surface area contributed by atoms with Crippen LogP contribution >= 0.6 is 0 Å². The third-order valence-corrected chi connectivity index (χ3v) is 3.16. The second-order valence-corrected chi connectivity index (χ2v) is 5.24. The minimum Gasteiger partial charge on any atom is -0.338 e. The van der Waals surface area contributed by atoms with Crippen LogP contribution in [0.4, 0.5) is 0 Å². The smallest absolute Gasteiger partial charge is 0.138 e. The number of aromatic nitrogens is 2. The topological polar surface area (TPSA) is 28.7 Å². The molecular weight excluding hydrogens is 220 g/mol. The van der Waals surface area contributed by atoms with Crippen molar-refractivity contribution in [3.8, 4) is 11.4 Å². The number of nitrogens with one attached hydrogen (secondary N) is 1. The van der Waals surface area contributed by atoms with Gasteiger partial charge in [0.1, 0.15) is 5.82 Å². The molecule has 0 saturated carbocycles. The summed E-state index contributed by atoms with van der Waals surface area (Å²) in [6.45, 7) is 4.37. The van der Waals surface area contributed by atoms with Crippen LogP contribution in [0.2, 0.25) is 0 Å². The monoisotopic (exact) mass is 236 g/mol. The van der Waals surface area contributed by atoms with Gasteiger partial charge in [-0.15, -0.1) is 0 Å². The fourth-order valence-electron chi connectivity index (χ4n) is 2.03. The number of fused-ring (bicyclic) bond motifs is 1. The van der Waals surface area contributed by atoms with E-state index in [4.69, 9.17) is 0 Å². The summed E-state index contributed by atoms with van der Waals surface area (Å²) in [6.07, 6.45) is 8.60. The van der Waals surface area contributed by atoms with E-state index >= 15 is 0 Å². The van der Waals surface area contributed by atoms with Crippen molar-refractivity contribution < 1.29 is 0 Å². The van der Waals surface area contributed by atoms with E-state index in [1.54, 1.807) is 0 Å². The normalized spacial score (nSPS) is 16.3. The largest absolute Gasteiger partial charge is 0.338 e. The van der Waals surface area contributed by atoms with Crippen LogP contribution in [-0.2, 0) is 0 Å². The Morgan fingerprint density at radius 3 is 2.50 bits per heavy atom. The van der Waals surface area contributed by atoms with Crippen LogP contribution < -0.4 is 0 Å². The van der Waals surface area contributed by atoms with E-state index < -0.39 is 0 Å². The highest BCUT2D eigenvalue weighted by Crippen LogP contribution is 2.28.